The molecule has 4 nitrogen and oxygen atoms in total. The van der Waals surface area contributed by atoms with E-state index < -0.39 is 0 Å². The van der Waals surface area contributed by atoms with E-state index in [0.29, 0.717) is 19.0 Å². The monoisotopic (exact) mass is 383 g/mol. The molecular weight excluding hydrogens is 358 g/mol. The van der Waals surface area contributed by atoms with Crippen LogP contribution in [0.2, 0.25) is 5.02 Å². The Bertz CT molecular complexity index is 846. The number of rotatable bonds is 9. The second-order valence-corrected chi connectivity index (χ2v) is 7.30. The number of hydrogen-bond acceptors (Lipinski definition) is 3. The lowest BCUT2D eigenvalue weighted by Gasteiger charge is -2.09. The van der Waals surface area contributed by atoms with Crippen LogP contribution in [-0.2, 0) is 13.0 Å². The minimum Gasteiger partial charge on any atom is -0.477 e. The highest BCUT2D eigenvalue weighted by Gasteiger charge is 2.12. The van der Waals surface area contributed by atoms with Gasteiger partial charge in [-0.2, -0.15) is 0 Å². The van der Waals surface area contributed by atoms with Crippen molar-refractivity contribution in [3.63, 3.8) is 0 Å². The molecule has 0 unspecified atom stereocenters. The Morgan fingerprint density at radius 2 is 1.78 bits per heavy atom. The van der Waals surface area contributed by atoms with Crippen LogP contribution in [-0.4, -0.2) is 41.9 Å². The first-order chi connectivity index (χ1) is 13.1. The molecule has 0 radical (unpaired) electrons. The third kappa shape index (κ3) is 5.84. The van der Waals surface area contributed by atoms with Crippen molar-refractivity contribution in [3.8, 4) is 5.88 Å². The van der Waals surface area contributed by atoms with Crippen LogP contribution in [0.4, 0.5) is 0 Å². The van der Waals surface area contributed by atoms with Gasteiger partial charge >= 0.3 is 0 Å². The van der Waals surface area contributed by atoms with Crippen molar-refractivity contribution in [2.45, 2.75) is 19.4 Å². The van der Waals surface area contributed by atoms with Gasteiger partial charge in [0.2, 0.25) is 5.88 Å². The summed E-state index contributed by atoms with van der Waals surface area (Å²) >= 11 is 6.35. The lowest BCUT2D eigenvalue weighted by atomic mass is 10.1. The Morgan fingerprint density at radius 3 is 2.52 bits per heavy atom. The lowest BCUT2D eigenvalue weighted by Crippen LogP contribution is -2.15. The third-order valence-corrected chi connectivity index (χ3v) is 4.72. The number of nitrogens with zero attached hydrogens (tertiary/aromatic N) is 3. The van der Waals surface area contributed by atoms with Crippen LogP contribution in [0.15, 0.2) is 60.7 Å². The number of hydrogen-bond donors (Lipinski definition) is 0. The second-order valence-electron chi connectivity index (χ2n) is 6.89. The van der Waals surface area contributed by atoms with E-state index >= 15 is 0 Å². The zero-order valence-corrected chi connectivity index (χ0v) is 16.7. The summed E-state index contributed by atoms with van der Waals surface area (Å²) in [6.07, 6.45) is 1.78. The van der Waals surface area contributed by atoms with Crippen LogP contribution < -0.4 is 4.74 Å². The maximum absolute atomic E-state index is 6.35. The molecule has 27 heavy (non-hydrogen) atoms. The van der Waals surface area contributed by atoms with E-state index in [1.165, 1.54) is 5.56 Å². The van der Waals surface area contributed by atoms with Crippen LogP contribution in [0.25, 0.3) is 0 Å². The normalized spacial score (nSPS) is 11.1. The molecule has 0 amide bonds. The number of benzene rings is 2. The van der Waals surface area contributed by atoms with Gasteiger partial charge in [0, 0.05) is 29.7 Å². The average molecular weight is 384 g/mol. The molecule has 0 fully saturated rings. The quantitative estimate of drug-likeness (QED) is 0.509. The molecule has 1 aromatic heterocycles. The summed E-state index contributed by atoms with van der Waals surface area (Å²) in [5.41, 5.74) is 3.41. The van der Waals surface area contributed by atoms with Gasteiger partial charge in [0.1, 0.15) is 0 Å². The highest BCUT2D eigenvalue weighted by molar-refractivity contribution is 6.31. The SMILES string of the molecule is CN(C)CCCOc1cc(Cc2ccccc2)n(Cc2ccccc2Cl)n1. The van der Waals surface area contributed by atoms with Gasteiger partial charge in [0.15, 0.2) is 0 Å². The van der Waals surface area contributed by atoms with E-state index in [-0.39, 0.29) is 0 Å². The van der Waals surface area contributed by atoms with Gasteiger partial charge in [0.25, 0.3) is 0 Å². The van der Waals surface area contributed by atoms with Crippen LogP contribution >= 0.6 is 11.6 Å². The van der Waals surface area contributed by atoms with Crippen molar-refractivity contribution in [2.24, 2.45) is 0 Å². The van der Waals surface area contributed by atoms with Crippen LogP contribution in [0.3, 0.4) is 0 Å². The van der Waals surface area contributed by atoms with E-state index in [1.54, 1.807) is 0 Å². The fourth-order valence-corrected chi connectivity index (χ4v) is 3.12. The Morgan fingerprint density at radius 1 is 1.04 bits per heavy atom. The van der Waals surface area contributed by atoms with Gasteiger partial charge in [-0.15, -0.1) is 5.10 Å². The molecule has 0 spiro atoms. The maximum atomic E-state index is 6.35. The maximum Gasteiger partial charge on any atom is 0.233 e. The smallest absolute Gasteiger partial charge is 0.233 e. The zero-order chi connectivity index (χ0) is 19.1. The fourth-order valence-electron chi connectivity index (χ4n) is 2.93. The van der Waals surface area contributed by atoms with Crippen LogP contribution in [0, 0.1) is 0 Å². The summed E-state index contributed by atoms with van der Waals surface area (Å²) in [5, 5.41) is 5.44. The first kappa shape index (κ1) is 19.5. The Labute approximate surface area is 166 Å². The summed E-state index contributed by atoms with van der Waals surface area (Å²) < 4.78 is 7.89. The van der Waals surface area contributed by atoms with Crippen molar-refractivity contribution in [3.05, 3.63) is 82.5 Å². The predicted molar refractivity (Wildman–Crippen MR) is 111 cm³/mol. The van der Waals surface area contributed by atoms with Gasteiger partial charge < -0.3 is 9.64 Å². The van der Waals surface area contributed by atoms with Crippen molar-refractivity contribution >= 4 is 11.6 Å². The number of aromatic nitrogens is 2. The first-order valence-electron chi connectivity index (χ1n) is 9.23. The van der Waals surface area contributed by atoms with E-state index in [4.69, 9.17) is 16.3 Å². The summed E-state index contributed by atoms with van der Waals surface area (Å²) in [5.74, 6) is 0.673. The van der Waals surface area contributed by atoms with Crippen LogP contribution in [0.1, 0.15) is 23.2 Å². The topological polar surface area (TPSA) is 30.3 Å². The number of ether oxygens (including phenoxy) is 1. The first-order valence-corrected chi connectivity index (χ1v) is 9.61. The van der Waals surface area contributed by atoms with Crippen molar-refractivity contribution in [1.82, 2.24) is 14.7 Å². The molecule has 0 N–H and O–H groups in total. The van der Waals surface area contributed by atoms with Gasteiger partial charge in [-0.1, -0.05) is 60.1 Å². The Balaban J connectivity index is 1.77. The molecule has 3 aromatic rings. The second kappa shape index (κ2) is 9.58. The molecule has 1 heterocycles. The highest BCUT2D eigenvalue weighted by atomic mass is 35.5. The molecule has 0 atom stereocenters. The predicted octanol–water partition coefficient (Wildman–Crippen LogP) is 4.51. The minimum atomic E-state index is 0.628. The molecular formula is C22H26ClN3O. The Kier molecular flexibility index (Phi) is 6.91. The minimum absolute atomic E-state index is 0.628. The van der Waals surface area contributed by atoms with E-state index in [1.807, 2.05) is 41.1 Å². The summed E-state index contributed by atoms with van der Waals surface area (Å²) in [6.45, 7) is 2.28. The van der Waals surface area contributed by atoms with Gasteiger partial charge in [-0.3, -0.25) is 4.68 Å². The van der Waals surface area contributed by atoms with Crippen molar-refractivity contribution in [2.75, 3.05) is 27.2 Å². The molecule has 0 aliphatic rings. The molecule has 2 aromatic carbocycles. The standard InChI is InChI=1S/C22H26ClN3O/c1-25(2)13-8-14-27-22-16-20(15-18-9-4-3-5-10-18)26(24-22)17-19-11-6-7-12-21(19)23/h3-7,9-12,16H,8,13-15,17H2,1-2H3. The fraction of sp³-hybridized carbons (Fsp3) is 0.318. The molecule has 0 bridgehead atoms. The van der Waals surface area contributed by atoms with Gasteiger partial charge in [-0.25, -0.2) is 0 Å². The molecule has 3 rings (SSSR count). The molecule has 142 valence electrons. The van der Waals surface area contributed by atoms with E-state index in [2.05, 4.69) is 48.4 Å². The molecule has 0 aliphatic carbocycles. The lowest BCUT2D eigenvalue weighted by molar-refractivity contribution is 0.270. The van der Waals surface area contributed by atoms with Gasteiger partial charge in [0.05, 0.1) is 13.2 Å². The van der Waals surface area contributed by atoms with E-state index in [9.17, 15) is 0 Å². The zero-order valence-electron chi connectivity index (χ0n) is 15.9. The molecule has 5 heteroatoms. The van der Waals surface area contributed by atoms with Crippen molar-refractivity contribution in [1.29, 1.82) is 0 Å². The average Bonchev–Trinajstić information content (AvgIpc) is 3.03. The summed E-state index contributed by atoms with van der Waals surface area (Å²) in [6, 6.07) is 20.3. The van der Waals surface area contributed by atoms with Gasteiger partial charge in [-0.05, 0) is 37.7 Å². The third-order valence-electron chi connectivity index (χ3n) is 4.35. The summed E-state index contributed by atoms with van der Waals surface area (Å²) in [7, 11) is 4.13. The molecule has 0 aliphatic heterocycles. The highest BCUT2D eigenvalue weighted by Crippen LogP contribution is 2.21. The molecule has 0 saturated heterocycles. The largest absolute Gasteiger partial charge is 0.477 e. The van der Waals surface area contributed by atoms with Crippen LogP contribution in [0.5, 0.6) is 5.88 Å². The van der Waals surface area contributed by atoms with Crippen molar-refractivity contribution < 1.29 is 4.74 Å². The summed E-state index contributed by atoms with van der Waals surface area (Å²) in [4.78, 5) is 2.15. The Hall–Kier alpha value is -2.30. The van der Waals surface area contributed by atoms with E-state index in [0.717, 1.165) is 35.7 Å². The number of halogens is 1. The molecule has 0 saturated carbocycles.